The molecule has 0 saturated carbocycles. The fraction of sp³-hybridized carbons (Fsp3) is 0.538. The number of hydrogen-bond donors (Lipinski definition) is 1. The van der Waals surface area contributed by atoms with Crippen molar-refractivity contribution in [3.8, 4) is 0 Å². The zero-order valence-electron chi connectivity index (χ0n) is 10.9. The molecule has 0 amide bonds. The van der Waals surface area contributed by atoms with Crippen LogP contribution in [0.2, 0.25) is 0 Å². The van der Waals surface area contributed by atoms with Crippen molar-refractivity contribution in [1.82, 2.24) is 9.55 Å². The molecule has 0 saturated heterocycles. The second kappa shape index (κ2) is 5.45. The maximum absolute atomic E-state index is 12.3. The Labute approximate surface area is 116 Å². The summed E-state index contributed by atoms with van der Waals surface area (Å²) in [5.41, 5.74) is 1.99. The smallest absolute Gasteiger partial charge is 0.271 e. The number of aryl methyl sites for hydroxylation is 1. The third-order valence-electron chi connectivity index (χ3n) is 3.33. The van der Waals surface area contributed by atoms with Gasteiger partial charge in [-0.05, 0) is 35.5 Å². The summed E-state index contributed by atoms with van der Waals surface area (Å²) in [4.78, 5) is 16.7. The van der Waals surface area contributed by atoms with Crippen LogP contribution >= 0.6 is 24.0 Å². The highest BCUT2D eigenvalue weighted by Gasteiger charge is 2.15. The Hall–Kier alpha value is -0.810. The first-order valence-electron chi connectivity index (χ1n) is 6.08. The van der Waals surface area contributed by atoms with Gasteiger partial charge in [-0.2, -0.15) is 12.6 Å². The molecule has 0 radical (unpaired) electrons. The van der Waals surface area contributed by atoms with Gasteiger partial charge in [0.15, 0.2) is 0 Å². The second-order valence-electron chi connectivity index (χ2n) is 4.99. The molecule has 1 unspecified atom stereocenters. The van der Waals surface area contributed by atoms with Crippen LogP contribution in [0.5, 0.6) is 0 Å². The van der Waals surface area contributed by atoms with Crippen LogP contribution in [0.1, 0.15) is 19.4 Å². The fourth-order valence-electron chi connectivity index (χ4n) is 1.92. The van der Waals surface area contributed by atoms with E-state index in [2.05, 4.69) is 31.5 Å². The van der Waals surface area contributed by atoms with Crippen molar-refractivity contribution in [2.75, 3.05) is 5.75 Å². The van der Waals surface area contributed by atoms with Crippen molar-refractivity contribution in [3.63, 3.8) is 0 Å². The lowest BCUT2D eigenvalue weighted by atomic mass is 9.98. The Morgan fingerprint density at radius 1 is 1.50 bits per heavy atom. The molecule has 0 fully saturated rings. The second-order valence-corrected chi connectivity index (χ2v) is 6.23. The highest BCUT2D eigenvalue weighted by molar-refractivity contribution is 7.80. The summed E-state index contributed by atoms with van der Waals surface area (Å²) in [5.74, 6) is 1.69. The van der Waals surface area contributed by atoms with Crippen LogP contribution in [0.3, 0.4) is 0 Å². The predicted octanol–water partition coefficient (Wildman–Crippen LogP) is 2.97. The normalized spacial score (nSPS) is 13.4. The van der Waals surface area contributed by atoms with Crippen molar-refractivity contribution in [1.29, 1.82) is 0 Å². The van der Waals surface area contributed by atoms with Crippen LogP contribution in [0, 0.1) is 18.8 Å². The first-order valence-corrected chi connectivity index (χ1v) is 7.60. The highest BCUT2D eigenvalue weighted by atomic mass is 32.1. The third-order valence-corrected chi connectivity index (χ3v) is 4.88. The van der Waals surface area contributed by atoms with Crippen LogP contribution in [0.15, 0.2) is 16.5 Å². The van der Waals surface area contributed by atoms with Crippen molar-refractivity contribution in [3.05, 3.63) is 27.6 Å². The standard InChI is InChI=1S/C13H18N2OS2/c1-8(2)10(5-17)4-15-7-14-11-9(3)6-18-12(11)13(15)16/h6-8,10,17H,4-5H2,1-3H3. The summed E-state index contributed by atoms with van der Waals surface area (Å²) in [7, 11) is 0. The molecule has 0 N–H and O–H groups in total. The van der Waals surface area contributed by atoms with Crippen LogP contribution in [-0.4, -0.2) is 15.3 Å². The maximum atomic E-state index is 12.3. The summed E-state index contributed by atoms with van der Waals surface area (Å²) in [5, 5.41) is 1.99. The number of thiophene rings is 1. The predicted molar refractivity (Wildman–Crippen MR) is 80.8 cm³/mol. The third kappa shape index (κ3) is 2.47. The summed E-state index contributed by atoms with van der Waals surface area (Å²) >= 11 is 5.85. The molecule has 0 spiro atoms. The number of rotatable bonds is 4. The van der Waals surface area contributed by atoms with Gasteiger partial charge in [0.25, 0.3) is 5.56 Å². The lowest BCUT2D eigenvalue weighted by Crippen LogP contribution is -2.27. The molecule has 0 aliphatic carbocycles. The van der Waals surface area contributed by atoms with E-state index >= 15 is 0 Å². The topological polar surface area (TPSA) is 34.9 Å². The van der Waals surface area contributed by atoms with Gasteiger partial charge in [0.1, 0.15) is 4.70 Å². The van der Waals surface area contributed by atoms with Gasteiger partial charge in [-0.1, -0.05) is 13.8 Å². The average molecular weight is 282 g/mol. The molecule has 5 heteroatoms. The maximum Gasteiger partial charge on any atom is 0.271 e. The minimum Gasteiger partial charge on any atom is -0.298 e. The van der Waals surface area contributed by atoms with Gasteiger partial charge in [-0.25, -0.2) is 4.98 Å². The van der Waals surface area contributed by atoms with Crippen molar-refractivity contribution in [2.45, 2.75) is 27.3 Å². The molecule has 0 aliphatic heterocycles. The lowest BCUT2D eigenvalue weighted by Gasteiger charge is -2.19. The van der Waals surface area contributed by atoms with Crippen LogP contribution < -0.4 is 5.56 Å². The van der Waals surface area contributed by atoms with E-state index in [1.807, 2.05) is 12.3 Å². The zero-order chi connectivity index (χ0) is 13.3. The zero-order valence-corrected chi connectivity index (χ0v) is 12.6. The summed E-state index contributed by atoms with van der Waals surface area (Å²) in [6.45, 7) is 7.00. The van der Waals surface area contributed by atoms with Gasteiger partial charge < -0.3 is 0 Å². The number of thiol groups is 1. The van der Waals surface area contributed by atoms with E-state index in [0.717, 1.165) is 21.5 Å². The average Bonchev–Trinajstić information content (AvgIpc) is 2.71. The first-order chi connectivity index (χ1) is 8.54. The molecule has 3 nitrogen and oxygen atoms in total. The van der Waals surface area contributed by atoms with Gasteiger partial charge in [-0.15, -0.1) is 11.3 Å². The highest BCUT2D eigenvalue weighted by Crippen LogP contribution is 2.20. The monoisotopic (exact) mass is 282 g/mol. The van der Waals surface area contributed by atoms with Crippen LogP contribution in [-0.2, 0) is 6.54 Å². The molecular formula is C13H18N2OS2. The van der Waals surface area contributed by atoms with Crippen molar-refractivity contribution >= 4 is 34.2 Å². The van der Waals surface area contributed by atoms with Crippen LogP contribution in [0.4, 0.5) is 0 Å². The Morgan fingerprint density at radius 3 is 2.83 bits per heavy atom. The molecule has 2 heterocycles. The molecule has 0 aromatic carbocycles. The number of nitrogens with zero attached hydrogens (tertiary/aromatic N) is 2. The van der Waals surface area contributed by atoms with E-state index in [9.17, 15) is 4.79 Å². The molecule has 18 heavy (non-hydrogen) atoms. The lowest BCUT2D eigenvalue weighted by molar-refractivity contribution is 0.366. The molecule has 98 valence electrons. The molecule has 0 bridgehead atoms. The molecule has 2 aromatic heterocycles. The summed E-state index contributed by atoms with van der Waals surface area (Å²) in [6.07, 6.45) is 1.67. The SMILES string of the molecule is Cc1csc2c(=O)n(CC(CS)C(C)C)cnc12. The molecule has 2 aromatic rings. The largest absolute Gasteiger partial charge is 0.298 e. The molecule has 0 aliphatic rings. The fourth-order valence-corrected chi connectivity index (χ4v) is 3.41. The minimum absolute atomic E-state index is 0.0746. The Kier molecular flexibility index (Phi) is 4.12. The van der Waals surface area contributed by atoms with Gasteiger partial charge in [0.05, 0.1) is 11.8 Å². The van der Waals surface area contributed by atoms with E-state index in [1.165, 1.54) is 11.3 Å². The van der Waals surface area contributed by atoms with E-state index in [4.69, 9.17) is 0 Å². The molecular weight excluding hydrogens is 264 g/mol. The Morgan fingerprint density at radius 2 is 2.22 bits per heavy atom. The van der Waals surface area contributed by atoms with Crippen molar-refractivity contribution in [2.24, 2.45) is 11.8 Å². The van der Waals surface area contributed by atoms with E-state index in [-0.39, 0.29) is 5.56 Å². The quantitative estimate of drug-likeness (QED) is 0.875. The summed E-state index contributed by atoms with van der Waals surface area (Å²) in [6, 6.07) is 0. The molecule has 2 rings (SSSR count). The number of fused-ring (bicyclic) bond motifs is 1. The minimum atomic E-state index is 0.0746. The van der Waals surface area contributed by atoms with Gasteiger partial charge in [0.2, 0.25) is 0 Å². The Bertz CT molecular complexity index is 601. The van der Waals surface area contributed by atoms with Crippen molar-refractivity contribution < 1.29 is 0 Å². The van der Waals surface area contributed by atoms with Gasteiger partial charge in [0, 0.05) is 6.54 Å². The number of aromatic nitrogens is 2. The first kappa shape index (κ1) is 13.6. The van der Waals surface area contributed by atoms with E-state index < -0.39 is 0 Å². The van der Waals surface area contributed by atoms with Gasteiger partial charge >= 0.3 is 0 Å². The van der Waals surface area contributed by atoms with E-state index in [0.29, 0.717) is 18.4 Å². The number of hydrogen-bond acceptors (Lipinski definition) is 4. The Balaban J connectivity index is 2.40. The van der Waals surface area contributed by atoms with Crippen LogP contribution in [0.25, 0.3) is 10.2 Å². The summed E-state index contributed by atoms with van der Waals surface area (Å²) < 4.78 is 2.48. The van der Waals surface area contributed by atoms with E-state index in [1.54, 1.807) is 10.9 Å². The molecule has 1 atom stereocenters. The van der Waals surface area contributed by atoms with Gasteiger partial charge in [-0.3, -0.25) is 9.36 Å².